The Kier molecular flexibility index (Phi) is 48.7. The number of rotatable bonds is 47. The number of aliphatic hydroxyl groups excluding tert-OH is 2. The van der Waals surface area contributed by atoms with E-state index in [1.807, 2.05) is 0 Å². The summed E-state index contributed by atoms with van der Waals surface area (Å²) in [6.45, 7) is 6.34. The van der Waals surface area contributed by atoms with Gasteiger partial charge in [0.15, 0.2) is 0 Å². The number of hydrogen-bond donors (Lipinski definition) is 3. The molecular formula is C58H101NO5. The molecule has 3 atom stereocenters. The van der Waals surface area contributed by atoms with Crippen molar-refractivity contribution >= 4 is 11.9 Å². The standard InChI is InChI=1S/C58H101NO5/c1-4-7-10-13-16-19-22-24-26-28-29-30-32-34-36-39-42-45-48-51-58(63)64-54(49-46-43-40-37-35-33-31-27-25-23-20-17-14-11-8-5-2)52-57(62)59-55(53-60)56(61)50-47-44-41-38-21-18-15-12-9-6-3/h7,10,16,19,24,26-27,29-31,33-36,54-56,60-61H,4-6,8-9,11-15,17-18,20-23,25,28,32,37-53H2,1-3H3,(H,59,62)/b10-7-,19-16-,26-24-,30-29-,31-27+,35-33+,36-34-. The topological polar surface area (TPSA) is 95.9 Å². The Balaban J connectivity index is 4.69. The van der Waals surface area contributed by atoms with Gasteiger partial charge in [-0.1, -0.05) is 221 Å². The minimum absolute atomic E-state index is 0.0424. The maximum Gasteiger partial charge on any atom is 0.306 e. The molecule has 6 heteroatoms. The predicted molar refractivity (Wildman–Crippen MR) is 278 cm³/mol. The Hall–Kier alpha value is -2.96. The van der Waals surface area contributed by atoms with Gasteiger partial charge in [-0.2, -0.15) is 0 Å². The minimum atomic E-state index is -0.804. The molecule has 0 aromatic carbocycles. The van der Waals surface area contributed by atoms with Gasteiger partial charge in [0.05, 0.1) is 25.2 Å². The third-order valence-corrected chi connectivity index (χ3v) is 11.7. The number of allylic oxidation sites excluding steroid dienone is 14. The molecule has 6 nitrogen and oxygen atoms in total. The largest absolute Gasteiger partial charge is 0.462 e. The summed E-state index contributed by atoms with van der Waals surface area (Å²) < 4.78 is 5.92. The van der Waals surface area contributed by atoms with E-state index in [4.69, 9.17) is 4.74 Å². The molecule has 0 spiro atoms. The molecule has 64 heavy (non-hydrogen) atoms. The van der Waals surface area contributed by atoms with Gasteiger partial charge in [-0.15, -0.1) is 0 Å². The number of esters is 1. The molecule has 0 aliphatic heterocycles. The third-order valence-electron chi connectivity index (χ3n) is 11.7. The molecule has 3 N–H and O–H groups in total. The van der Waals surface area contributed by atoms with Crippen LogP contribution in [0.2, 0.25) is 0 Å². The van der Waals surface area contributed by atoms with Crippen LogP contribution < -0.4 is 5.32 Å². The highest BCUT2D eigenvalue weighted by atomic mass is 16.5. The fourth-order valence-corrected chi connectivity index (χ4v) is 7.68. The highest BCUT2D eigenvalue weighted by Gasteiger charge is 2.24. The second kappa shape index (κ2) is 51.0. The average molecular weight is 892 g/mol. The normalized spacial score (nSPS) is 13.9. The van der Waals surface area contributed by atoms with Crippen molar-refractivity contribution in [3.8, 4) is 0 Å². The van der Waals surface area contributed by atoms with Gasteiger partial charge in [-0.25, -0.2) is 0 Å². The Bertz CT molecular complexity index is 1230. The van der Waals surface area contributed by atoms with Crippen LogP contribution in [0.25, 0.3) is 0 Å². The lowest BCUT2D eigenvalue weighted by molar-refractivity contribution is -0.151. The highest BCUT2D eigenvalue weighted by Crippen LogP contribution is 2.17. The Labute approximate surface area is 395 Å². The highest BCUT2D eigenvalue weighted by molar-refractivity contribution is 5.77. The SMILES string of the molecule is CC/C=C\C/C=C\C/C=C\C/C=C\C/C=C\CCCCCC(=O)OC(CCCCC/C=C/C=C/CCCCCCCCC)CC(=O)NC(CO)C(O)CCCCCCCCCCCC. The van der Waals surface area contributed by atoms with E-state index in [2.05, 4.69) is 111 Å². The molecule has 368 valence electrons. The van der Waals surface area contributed by atoms with E-state index in [1.54, 1.807) is 0 Å². The second-order valence-corrected chi connectivity index (χ2v) is 17.9. The van der Waals surface area contributed by atoms with Gasteiger partial charge < -0.3 is 20.3 Å². The molecule has 0 saturated heterocycles. The van der Waals surface area contributed by atoms with Crippen molar-refractivity contribution in [2.45, 2.75) is 264 Å². The van der Waals surface area contributed by atoms with Crippen LogP contribution in [-0.4, -0.2) is 46.9 Å². The molecule has 0 aromatic rings. The molecule has 0 aromatic heterocycles. The van der Waals surface area contributed by atoms with Gasteiger partial charge >= 0.3 is 5.97 Å². The molecule has 0 aliphatic rings. The molecule has 0 rings (SSSR count). The summed E-state index contributed by atoms with van der Waals surface area (Å²) in [5.74, 6) is -0.541. The average Bonchev–Trinajstić information content (AvgIpc) is 3.29. The van der Waals surface area contributed by atoms with E-state index in [9.17, 15) is 19.8 Å². The quantitative estimate of drug-likeness (QED) is 0.0245. The summed E-state index contributed by atoms with van der Waals surface area (Å²) >= 11 is 0. The van der Waals surface area contributed by atoms with Crippen molar-refractivity contribution in [2.24, 2.45) is 0 Å². The van der Waals surface area contributed by atoms with E-state index < -0.39 is 18.2 Å². The molecule has 0 radical (unpaired) electrons. The van der Waals surface area contributed by atoms with E-state index in [-0.39, 0.29) is 24.9 Å². The maximum atomic E-state index is 13.2. The molecule has 0 saturated carbocycles. The monoisotopic (exact) mass is 892 g/mol. The van der Waals surface area contributed by atoms with Crippen LogP contribution in [0.3, 0.4) is 0 Å². The number of carbonyl (C=O) groups is 2. The van der Waals surface area contributed by atoms with Crippen LogP contribution in [0.15, 0.2) is 85.1 Å². The third kappa shape index (κ3) is 45.6. The van der Waals surface area contributed by atoms with Gasteiger partial charge in [-0.3, -0.25) is 9.59 Å². The zero-order valence-electron chi connectivity index (χ0n) is 41.9. The molecule has 3 unspecified atom stereocenters. The fourth-order valence-electron chi connectivity index (χ4n) is 7.68. The molecule has 0 bridgehead atoms. The molecule has 1 amide bonds. The van der Waals surface area contributed by atoms with E-state index in [1.165, 1.54) is 89.9 Å². The first-order valence-electron chi connectivity index (χ1n) is 26.8. The first kappa shape index (κ1) is 61.0. The molecule has 0 aliphatic carbocycles. The van der Waals surface area contributed by atoms with Crippen LogP contribution in [0, 0.1) is 0 Å². The summed E-state index contributed by atoms with van der Waals surface area (Å²) in [5.41, 5.74) is 0. The lowest BCUT2D eigenvalue weighted by atomic mass is 10.0. The van der Waals surface area contributed by atoms with Crippen molar-refractivity contribution in [3.63, 3.8) is 0 Å². The number of unbranched alkanes of at least 4 members (excludes halogenated alkanes) is 22. The maximum absolute atomic E-state index is 13.2. The lowest BCUT2D eigenvalue weighted by Crippen LogP contribution is -2.46. The first-order valence-corrected chi connectivity index (χ1v) is 26.8. The van der Waals surface area contributed by atoms with Crippen LogP contribution >= 0.6 is 0 Å². The number of amides is 1. The van der Waals surface area contributed by atoms with Gasteiger partial charge in [0.2, 0.25) is 5.91 Å². The molecule has 0 fully saturated rings. The van der Waals surface area contributed by atoms with Crippen LogP contribution in [0.5, 0.6) is 0 Å². The van der Waals surface area contributed by atoms with E-state index in [0.29, 0.717) is 19.3 Å². The fraction of sp³-hybridized carbons (Fsp3) is 0.724. The van der Waals surface area contributed by atoms with E-state index in [0.717, 1.165) is 109 Å². The van der Waals surface area contributed by atoms with Crippen LogP contribution in [-0.2, 0) is 14.3 Å². The summed E-state index contributed by atoms with van der Waals surface area (Å²) in [4.78, 5) is 26.2. The predicted octanol–water partition coefficient (Wildman–Crippen LogP) is 16.3. The Morgan fingerprint density at radius 3 is 1.39 bits per heavy atom. The van der Waals surface area contributed by atoms with Crippen LogP contribution in [0.1, 0.15) is 245 Å². The number of ether oxygens (including phenoxy) is 1. The van der Waals surface area contributed by atoms with E-state index >= 15 is 0 Å². The second-order valence-electron chi connectivity index (χ2n) is 17.9. The first-order chi connectivity index (χ1) is 31.5. The van der Waals surface area contributed by atoms with Gasteiger partial charge in [0, 0.05) is 6.42 Å². The van der Waals surface area contributed by atoms with Crippen molar-refractivity contribution in [1.82, 2.24) is 5.32 Å². The summed E-state index contributed by atoms with van der Waals surface area (Å²) in [5, 5.41) is 23.7. The number of carbonyl (C=O) groups excluding carboxylic acids is 2. The number of aliphatic hydroxyl groups is 2. The van der Waals surface area contributed by atoms with Crippen molar-refractivity contribution in [2.75, 3.05) is 6.61 Å². The van der Waals surface area contributed by atoms with Gasteiger partial charge in [0.1, 0.15) is 6.10 Å². The van der Waals surface area contributed by atoms with Gasteiger partial charge in [0.25, 0.3) is 0 Å². The van der Waals surface area contributed by atoms with Crippen molar-refractivity contribution < 1.29 is 24.5 Å². The lowest BCUT2D eigenvalue weighted by Gasteiger charge is -2.24. The molecular weight excluding hydrogens is 791 g/mol. The summed E-state index contributed by atoms with van der Waals surface area (Å²) in [6, 6.07) is -0.721. The number of hydrogen-bond acceptors (Lipinski definition) is 5. The van der Waals surface area contributed by atoms with Crippen LogP contribution in [0.4, 0.5) is 0 Å². The minimum Gasteiger partial charge on any atom is -0.462 e. The summed E-state index contributed by atoms with van der Waals surface area (Å²) in [6.07, 6.45) is 66.4. The zero-order chi connectivity index (χ0) is 46.7. The summed E-state index contributed by atoms with van der Waals surface area (Å²) in [7, 11) is 0. The Morgan fingerprint density at radius 2 is 0.891 bits per heavy atom. The van der Waals surface area contributed by atoms with Crippen molar-refractivity contribution in [3.05, 3.63) is 85.1 Å². The number of nitrogens with one attached hydrogen (secondary N) is 1. The zero-order valence-corrected chi connectivity index (χ0v) is 41.9. The smallest absolute Gasteiger partial charge is 0.306 e. The van der Waals surface area contributed by atoms with Gasteiger partial charge in [-0.05, 0) is 96.3 Å². The molecule has 0 heterocycles. The van der Waals surface area contributed by atoms with Crippen molar-refractivity contribution in [1.29, 1.82) is 0 Å². The Morgan fingerprint density at radius 1 is 0.484 bits per heavy atom.